The summed E-state index contributed by atoms with van der Waals surface area (Å²) in [7, 11) is 4.00. The van der Waals surface area contributed by atoms with E-state index in [9.17, 15) is 13.2 Å². The normalized spacial score (nSPS) is 12.1. The number of rotatable bonds is 8. The van der Waals surface area contributed by atoms with Gasteiger partial charge in [0, 0.05) is 36.2 Å². The Morgan fingerprint density at radius 1 is 0.933 bits per heavy atom. The van der Waals surface area contributed by atoms with Crippen molar-refractivity contribution in [3.63, 3.8) is 0 Å². The van der Waals surface area contributed by atoms with Gasteiger partial charge in [-0.15, -0.1) is 0 Å². The van der Waals surface area contributed by atoms with Gasteiger partial charge in [0.1, 0.15) is 0 Å². The van der Waals surface area contributed by atoms with Crippen LogP contribution in [0.4, 0.5) is 13.2 Å². The van der Waals surface area contributed by atoms with E-state index in [0.717, 1.165) is 52.1 Å². The van der Waals surface area contributed by atoms with Crippen LogP contribution in [0.15, 0.2) is 59.2 Å². The van der Waals surface area contributed by atoms with Crippen molar-refractivity contribution in [3.05, 3.63) is 75.9 Å². The van der Waals surface area contributed by atoms with Crippen molar-refractivity contribution in [1.29, 1.82) is 0 Å². The number of hydrogen-bond acceptors (Lipinski definition) is 3. The molecule has 0 aliphatic carbocycles. The molecule has 1 N–H and O–H groups in total. The molecular weight excluding hydrogens is 457 g/mol. The lowest BCUT2D eigenvalue weighted by Gasteiger charge is -2.24. The predicted octanol–water partition coefficient (Wildman–Crippen LogP) is 5.42. The number of H-pyrrole nitrogens is 1. The van der Waals surface area contributed by atoms with Crippen molar-refractivity contribution in [2.75, 3.05) is 27.2 Å². The van der Waals surface area contributed by atoms with Gasteiger partial charge in [0.2, 0.25) is 0 Å². The monoisotopic (exact) mass is 480 g/mol. The van der Waals surface area contributed by atoms with Crippen LogP contribution in [0.25, 0.3) is 11.3 Å². The van der Waals surface area contributed by atoms with Crippen LogP contribution in [0, 0.1) is 0 Å². The van der Waals surface area contributed by atoms with Crippen LogP contribution in [0.2, 0.25) is 0 Å². The van der Waals surface area contributed by atoms with Crippen LogP contribution in [-0.4, -0.2) is 47.2 Å². The summed E-state index contributed by atoms with van der Waals surface area (Å²) in [5.74, 6) is 0. The van der Waals surface area contributed by atoms with Gasteiger partial charge >= 0.3 is 6.18 Å². The van der Waals surface area contributed by atoms with E-state index in [4.69, 9.17) is 0 Å². The first-order valence-electron chi connectivity index (χ1n) is 9.54. The van der Waals surface area contributed by atoms with Crippen molar-refractivity contribution < 1.29 is 13.2 Å². The molecule has 0 saturated carbocycles. The molecule has 3 aromatic rings. The number of benzene rings is 2. The van der Waals surface area contributed by atoms with Crippen LogP contribution >= 0.6 is 15.9 Å². The second kappa shape index (κ2) is 9.76. The second-order valence-corrected chi connectivity index (χ2v) is 8.40. The molecule has 0 aliphatic heterocycles. The van der Waals surface area contributed by atoms with E-state index in [1.54, 1.807) is 12.1 Å². The molecule has 0 amide bonds. The molecule has 0 atom stereocenters. The molecule has 0 radical (unpaired) electrons. The van der Waals surface area contributed by atoms with Gasteiger partial charge in [-0.2, -0.15) is 18.3 Å². The minimum Gasteiger partial charge on any atom is -0.308 e. The van der Waals surface area contributed by atoms with Crippen molar-refractivity contribution >= 4 is 15.9 Å². The van der Waals surface area contributed by atoms with Gasteiger partial charge in [-0.05, 0) is 49.5 Å². The standard InChI is InChI=1S/C22H24BrF3N4/c1-29(2)11-12-30(14-16-3-7-19(8-4-16)22(24,25)26)15-18-13-27-28-21(18)17-5-9-20(23)10-6-17/h3-10,13H,11-12,14-15H2,1-2H3,(H,27,28). The van der Waals surface area contributed by atoms with E-state index in [-0.39, 0.29) is 0 Å². The first-order valence-corrected chi connectivity index (χ1v) is 10.3. The third-order valence-corrected chi connectivity index (χ3v) is 5.32. The Bertz CT molecular complexity index is 934. The smallest absolute Gasteiger partial charge is 0.308 e. The van der Waals surface area contributed by atoms with Crippen molar-refractivity contribution in [2.24, 2.45) is 0 Å². The lowest BCUT2D eigenvalue weighted by molar-refractivity contribution is -0.137. The molecule has 0 spiro atoms. The average molecular weight is 481 g/mol. The highest BCUT2D eigenvalue weighted by Crippen LogP contribution is 2.29. The SMILES string of the molecule is CN(C)CCN(Cc1ccc(C(F)(F)F)cc1)Cc1cn[nH]c1-c1ccc(Br)cc1. The largest absolute Gasteiger partial charge is 0.416 e. The lowest BCUT2D eigenvalue weighted by Crippen LogP contribution is -2.31. The summed E-state index contributed by atoms with van der Waals surface area (Å²) >= 11 is 3.45. The number of alkyl halides is 3. The fraction of sp³-hybridized carbons (Fsp3) is 0.318. The molecular formula is C22H24BrF3N4. The van der Waals surface area contributed by atoms with E-state index in [1.807, 2.05) is 44.6 Å². The predicted molar refractivity (Wildman–Crippen MR) is 116 cm³/mol. The molecule has 4 nitrogen and oxygen atoms in total. The number of halogens is 4. The highest BCUT2D eigenvalue weighted by atomic mass is 79.9. The zero-order valence-corrected chi connectivity index (χ0v) is 18.5. The summed E-state index contributed by atoms with van der Waals surface area (Å²) in [5, 5.41) is 7.29. The quantitative estimate of drug-likeness (QED) is 0.467. The van der Waals surface area contributed by atoms with Gasteiger partial charge in [0.15, 0.2) is 0 Å². The average Bonchev–Trinajstić information content (AvgIpc) is 3.14. The minimum absolute atomic E-state index is 0.553. The van der Waals surface area contributed by atoms with Gasteiger partial charge < -0.3 is 4.90 Å². The summed E-state index contributed by atoms with van der Waals surface area (Å²) in [5.41, 5.74) is 3.24. The third-order valence-electron chi connectivity index (χ3n) is 4.80. The summed E-state index contributed by atoms with van der Waals surface area (Å²) < 4.78 is 39.5. The van der Waals surface area contributed by atoms with Gasteiger partial charge in [0.25, 0.3) is 0 Å². The van der Waals surface area contributed by atoms with Crippen LogP contribution in [0.1, 0.15) is 16.7 Å². The summed E-state index contributed by atoms with van der Waals surface area (Å²) in [4.78, 5) is 4.31. The number of hydrogen-bond donors (Lipinski definition) is 1. The Kier molecular flexibility index (Phi) is 7.33. The highest BCUT2D eigenvalue weighted by Gasteiger charge is 2.30. The van der Waals surface area contributed by atoms with E-state index in [0.29, 0.717) is 13.1 Å². The molecule has 2 aromatic carbocycles. The molecule has 0 saturated heterocycles. The molecule has 3 rings (SSSR count). The Hall–Kier alpha value is -2.16. The Morgan fingerprint density at radius 3 is 2.20 bits per heavy atom. The first kappa shape index (κ1) is 22.5. The molecule has 0 aliphatic rings. The van der Waals surface area contributed by atoms with Gasteiger partial charge in [0.05, 0.1) is 17.5 Å². The number of nitrogens with one attached hydrogen (secondary N) is 1. The number of nitrogens with zero attached hydrogens (tertiary/aromatic N) is 3. The summed E-state index contributed by atoms with van der Waals surface area (Å²) in [6, 6.07) is 13.4. The topological polar surface area (TPSA) is 35.2 Å². The van der Waals surface area contributed by atoms with Crippen molar-refractivity contribution in [3.8, 4) is 11.3 Å². The lowest BCUT2D eigenvalue weighted by atomic mass is 10.1. The summed E-state index contributed by atoms with van der Waals surface area (Å²) in [6.45, 7) is 2.80. The Balaban J connectivity index is 1.78. The van der Waals surface area contributed by atoms with Gasteiger partial charge in [-0.1, -0.05) is 40.2 Å². The molecule has 8 heteroatoms. The molecule has 0 unspecified atom stereocenters. The third kappa shape index (κ3) is 6.17. The van der Waals surface area contributed by atoms with Gasteiger partial charge in [-0.25, -0.2) is 0 Å². The zero-order chi connectivity index (χ0) is 21.7. The van der Waals surface area contributed by atoms with E-state index in [2.05, 4.69) is 35.9 Å². The van der Waals surface area contributed by atoms with E-state index in [1.165, 1.54) is 0 Å². The zero-order valence-electron chi connectivity index (χ0n) is 16.9. The number of aromatic nitrogens is 2. The molecule has 160 valence electrons. The fourth-order valence-electron chi connectivity index (χ4n) is 3.15. The fourth-order valence-corrected chi connectivity index (χ4v) is 3.42. The number of likely N-dealkylation sites (N-methyl/N-ethyl adjacent to an activating group) is 1. The van der Waals surface area contributed by atoms with E-state index < -0.39 is 11.7 Å². The maximum atomic E-state index is 12.8. The molecule has 0 fully saturated rings. The van der Waals surface area contributed by atoms with Gasteiger partial charge in [-0.3, -0.25) is 10.00 Å². The van der Waals surface area contributed by atoms with Crippen LogP contribution < -0.4 is 0 Å². The molecule has 1 aromatic heterocycles. The Morgan fingerprint density at radius 2 is 1.60 bits per heavy atom. The molecule has 0 bridgehead atoms. The molecule has 1 heterocycles. The maximum absolute atomic E-state index is 12.8. The van der Waals surface area contributed by atoms with Crippen LogP contribution in [-0.2, 0) is 19.3 Å². The van der Waals surface area contributed by atoms with E-state index >= 15 is 0 Å². The highest BCUT2D eigenvalue weighted by molar-refractivity contribution is 9.10. The van der Waals surface area contributed by atoms with Crippen LogP contribution in [0.5, 0.6) is 0 Å². The second-order valence-electron chi connectivity index (χ2n) is 7.49. The minimum atomic E-state index is -4.32. The van der Waals surface area contributed by atoms with Crippen molar-refractivity contribution in [2.45, 2.75) is 19.3 Å². The number of aromatic amines is 1. The summed E-state index contributed by atoms with van der Waals surface area (Å²) in [6.07, 6.45) is -2.51. The van der Waals surface area contributed by atoms with Crippen molar-refractivity contribution in [1.82, 2.24) is 20.0 Å². The molecule has 30 heavy (non-hydrogen) atoms. The maximum Gasteiger partial charge on any atom is 0.416 e. The Labute approximate surface area is 182 Å². The first-order chi connectivity index (χ1) is 14.2. The van der Waals surface area contributed by atoms with Crippen LogP contribution in [0.3, 0.4) is 0 Å².